The summed E-state index contributed by atoms with van der Waals surface area (Å²) < 4.78 is 5.91. The van der Waals surface area contributed by atoms with Crippen LogP contribution in [0.1, 0.15) is 24.0 Å². The third kappa shape index (κ3) is 5.06. The second-order valence-electron chi connectivity index (χ2n) is 6.00. The van der Waals surface area contributed by atoms with Crippen LogP contribution in [0.5, 0.6) is 5.75 Å². The number of ether oxygens (including phenoxy) is 1. The van der Waals surface area contributed by atoms with Gasteiger partial charge >= 0.3 is 0 Å². The Hall–Kier alpha value is -2.40. The molecule has 1 saturated carbocycles. The molecule has 3 rings (SSSR count). The van der Waals surface area contributed by atoms with Crippen LogP contribution in [0, 0.1) is 5.92 Å². The molecule has 0 unspecified atom stereocenters. The summed E-state index contributed by atoms with van der Waals surface area (Å²) in [6.45, 7) is 2.62. The highest BCUT2D eigenvalue weighted by molar-refractivity contribution is 5.80. The van der Waals surface area contributed by atoms with Gasteiger partial charge in [-0.05, 0) is 25.0 Å². The third-order valence-corrected chi connectivity index (χ3v) is 3.95. The van der Waals surface area contributed by atoms with E-state index in [2.05, 4.69) is 15.6 Å². The molecule has 1 heterocycles. The van der Waals surface area contributed by atoms with Gasteiger partial charge in [0.25, 0.3) is 0 Å². The zero-order chi connectivity index (χ0) is 16.6. The topological polar surface area (TPSA) is 63.2 Å². The van der Waals surface area contributed by atoms with Crippen molar-refractivity contribution in [1.29, 1.82) is 0 Å². The highest BCUT2D eigenvalue weighted by Gasteiger charge is 2.28. The fourth-order valence-electron chi connectivity index (χ4n) is 2.42. The fourth-order valence-corrected chi connectivity index (χ4v) is 2.42. The van der Waals surface area contributed by atoms with Gasteiger partial charge in [0, 0.05) is 49.1 Å². The molecule has 2 aromatic rings. The number of carbonyl (C=O) groups is 1. The van der Waals surface area contributed by atoms with Crippen LogP contribution >= 0.6 is 0 Å². The van der Waals surface area contributed by atoms with Crippen molar-refractivity contribution in [3.8, 4) is 5.75 Å². The smallest absolute Gasteiger partial charge is 0.223 e. The Balaban J connectivity index is 1.42. The number of nitrogens with one attached hydrogen (secondary N) is 2. The first-order valence-corrected chi connectivity index (χ1v) is 8.41. The van der Waals surface area contributed by atoms with E-state index in [1.54, 1.807) is 6.20 Å². The zero-order valence-corrected chi connectivity index (χ0v) is 13.7. The van der Waals surface area contributed by atoms with Crippen molar-refractivity contribution in [2.24, 2.45) is 5.92 Å². The van der Waals surface area contributed by atoms with Crippen LogP contribution in [-0.4, -0.2) is 24.0 Å². The third-order valence-electron chi connectivity index (χ3n) is 3.95. The molecule has 1 amide bonds. The van der Waals surface area contributed by atoms with Gasteiger partial charge in [0.15, 0.2) is 0 Å². The summed E-state index contributed by atoms with van der Waals surface area (Å²) in [5.41, 5.74) is 2.15. The predicted octanol–water partition coefficient (Wildman–Crippen LogP) is 2.28. The summed E-state index contributed by atoms with van der Waals surface area (Å²) in [5.74, 6) is 1.33. The summed E-state index contributed by atoms with van der Waals surface area (Å²) in [5, 5.41) is 6.30. The molecule has 0 bridgehead atoms. The first-order valence-electron chi connectivity index (χ1n) is 8.41. The van der Waals surface area contributed by atoms with Gasteiger partial charge in [-0.1, -0.05) is 24.3 Å². The summed E-state index contributed by atoms with van der Waals surface area (Å²) in [6, 6.07) is 11.9. The van der Waals surface area contributed by atoms with Gasteiger partial charge in [0.2, 0.25) is 5.91 Å². The lowest BCUT2D eigenvalue weighted by Crippen LogP contribution is -2.32. The number of hydrogen-bond donors (Lipinski definition) is 2. The van der Waals surface area contributed by atoms with Gasteiger partial charge < -0.3 is 15.4 Å². The Kier molecular flexibility index (Phi) is 5.80. The van der Waals surface area contributed by atoms with Gasteiger partial charge in [0.05, 0.1) is 0 Å². The number of carbonyl (C=O) groups excluding carboxylic acids is 1. The molecule has 0 atom stereocenters. The maximum atomic E-state index is 11.5. The number of benzene rings is 1. The van der Waals surface area contributed by atoms with E-state index in [9.17, 15) is 4.79 Å². The molecule has 1 aliphatic rings. The number of pyridine rings is 1. The van der Waals surface area contributed by atoms with Gasteiger partial charge in [-0.25, -0.2) is 0 Å². The molecule has 24 heavy (non-hydrogen) atoms. The zero-order valence-electron chi connectivity index (χ0n) is 13.7. The number of aromatic nitrogens is 1. The molecule has 1 fully saturated rings. The minimum atomic E-state index is 0.192. The predicted molar refractivity (Wildman–Crippen MR) is 92.5 cm³/mol. The highest BCUT2D eigenvalue weighted by Crippen LogP contribution is 2.28. The first kappa shape index (κ1) is 16.5. The Bertz CT molecular complexity index is 657. The van der Waals surface area contributed by atoms with Crippen LogP contribution in [-0.2, 0) is 17.9 Å². The Labute approximate surface area is 142 Å². The van der Waals surface area contributed by atoms with Crippen LogP contribution in [0.4, 0.5) is 0 Å². The second-order valence-corrected chi connectivity index (χ2v) is 6.00. The van der Waals surface area contributed by atoms with Crippen molar-refractivity contribution in [3.05, 3.63) is 59.9 Å². The number of hydrogen-bond acceptors (Lipinski definition) is 4. The van der Waals surface area contributed by atoms with Gasteiger partial charge in [-0.2, -0.15) is 0 Å². The maximum Gasteiger partial charge on any atom is 0.223 e. The van der Waals surface area contributed by atoms with Crippen LogP contribution in [0.3, 0.4) is 0 Å². The molecule has 1 aromatic heterocycles. The summed E-state index contributed by atoms with van der Waals surface area (Å²) in [7, 11) is 0. The molecule has 0 spiro atoms. The minimum Gasteiger partial charge on any atom is -0.489 e. The van der Waals surface area contributed by atoms with E-state index in [1.807, 2.05) is 42.6 Å². The van der Waals surface area contributed by atoms with Gasteiger partial charge in [0.1, 0.15) is 12.4 Å². The van der Waals surface area contributed by atoms with E-state index in [0.717, 1.165) is 36.3 Å². The van der Waals surface area contributed by atoms with Crippen LogP contribution < -0.4 is 15.4 Å². The largest absolute Gasteiger partial charge is 0.489 e. The lowest BCUT2D eigenvalue weighted by atomic mass is 10.2. The molecule has 1 aliphatic carbocycles. The molecule has 126 valence electrons. The molecule has 1 aromatic carbocycles. The molecule has 0 radical (unpaired) electrons. The lowest BCUT2D eigenvalue weighted by molar-refractivity contribution is -0.122. The van der Waals surface area contributed by atoms with Crippen molar-refractivity contribution >= 4 is 5.91 Å². The number of nitrogens with zero attached hydrogens (tertiary/aromatic N) is 1. The average molecular weight is 325 g/mol. The molecule has 0 aliphatic heterocycles. The standard InChI is InChI=1S/C19H23N3O2/c23-19(16-7-8-16)22-11-10-21-13-17-5-1-2-6-18(17)24-14-15-4-3-9-20-12-15/h1-6,9,12,16,21H,7-8,10-11,13-14H2,(H,22,23). The molecule has 5 nitrogen and oxygen atoms in total. The van der Waals surface area contributed by atoms with Crippen molar-refractivity contribution in [3.63, 3.8) is 0 Å². The summed E-state index contributed by atoms with van der Waals surface area (Å²) in [6.07, 6.45) is 5.65. The molecule has 5 heteroatoms. The SMILES string of the molecule is O=C(NCCNCc1ccccc1OCc1cccnc1)C1CC1. The molecule has 2 N–H and O–H groups in total. The second kappa shape index (κ2) is 8.45. The normalized spacial score (nSPS) is 13.5. The number of rotatable bonds is 9. The monoisotopic (exact) mass is 325 g/mol. The van der Waals surface area contributed by atoms with E-state index >= 15 is 0 Å². The Morgan fingerprint density at radius 1 is 1.17 bits per heavy atom. The van der Waals surface area contributed by atoms with Crippen LogP contribution in [0.15, 0.2) is 48.8 Å². The molecular weight excluding hydrogens is 302 g/mol. The van der Waals surface area contributed by atoms with Crippen LogP contribution in [0.25, 0.3) is 0 Å². The first-order chi connectivity index (χ1) is 11.8. The molecule has 0 saturated heterocycles. The average Bonchev–Trinajstić information content (AvgIpc) is 3.46. The van der Waals surface area contributed by atoms with Crippen molar-refractivity contribution in [1.82, 2.24) is 15.6 Å². The number of amides is 1. The lowest BCUT2D eigenvalue weighted by Gasteiger charge is -2.12. The summed E-state index contributed by atoms with van der Waals surface area (Å²) in [4.78, 5) is 15.6. The van der Waals surface area contributed by atoms with E-state index in [4.69, 9.17) is 4.74 Å². The Morgan fingerprint density at radius 2 is 2.04 bits per heavy atom. The Morgan fingerprint density at radius 3 is 2.83 bits per heavy atom. The minimum absolute atomic E-state index is 0.192. The van der Waals surface area contributed by atoms with Crippen molar-refractivity contribution in [2.75, 3.05) is 13.1 Å². The van der Waals surface area contributed by atoms with E-state index in [-0.39, 0.29) is 11.8 Å². The van der Waals surface area contributed by atoms with Crippen LogP contribution in [0.2, 0.25) is 0 Å². The van der Waals surface area contributed by atoms with E-state index in [1.165, 1.54) is 0 Å². The summed E-state index contributed by atoms with van der Waals surface area (Å²) >= 11 is 0. The van der Waals surface area contributed by atoms with Gasteiger partial charge in [-0.3, -0.25) is 9.78 Å². The molecular formula is C19H23N3O2. The van der Waals surface area contributed by atoms with Gasteiger partial charge in [-0.15, -0.1) is 0 Å². The van der Waals surface area contributed by atoms with Crippen molar-refractivity contribution < 1.29 is 9.53 Å². The van der Waals surface area contributed by atoms with Crippen molar-refractivity contribution in [2.45, 2.75) is 26.0 Å². The van der Waals surface area contributed by atoms with E-state index in [0.29, 0.717) is 19.7 Å². The number of para-hydroxylation sites is 1. The van der Waals surface area contributed by atoms with E-state index < -0.39 is 0 Å². The maximum absolute atomic E-state index is 11.5. The highest BCUT2D eigenvalue weighted by atomic mass is 16.5. The fraction of sp³-hybridized carbons (Fsp3) is 0.368. The quantitative estimate of drug-likeness (QED) is 0.694.